The first-order chi connectivity index (χ1) is 6.30. The second-order valence-electron chi connectivity index (χ2n) is 2.08. The number of nitrogens with two attached hydrogens (primary N) is 1. The molecule has 0 radical (unpaired) electrons. The molecule has 0 aliphatic heterocycles. The molecule has 0 aromatic carbocycles. The van der Waals surface area contributed by atoms with Crippen molar-refractivity contribution in [3.8, 4) is 6.01 Å². The van der Waals surface area contributed by atoms with Crippen LogP contribution in [0.3, 0.4) is 0 Å². The topological polar surface area (TPSA) is 86.0 Å². The summed E-state index contributed by atoms with van der Waals surface area (Å²) in [6.45, 7) is 2.69. The first-order valence-corrected chi connectivity index (χ1v) is 4.58. The van der Waals surface area contributed by atoms with E-state index in [1.165, 1.54) is 7.11 Å². The summed E-state index contributed by atoms with van der Waals surface area (Å²) in [7, 11) is 1.50. The number of methoxy groups -OCH3 is 1. The zero-order valence-electron chi connectivity index (χ0n) is 7.44. The van der Waals surface area contributed by atoms with Gasteiger partial charge in [-0.05, 0) is 18.9 Å². The van der Waals surface area contributed by atoms with Crippen LogP contribution < -0.4 is 15.2 Å². The van der Waals surface area contributed by atoms with Gasteiger partial charge in [0.25, 0.3) is 0 Å². The van der Waals surface area contributed by atoms with Crippen LogP contribution in [0.5, 0.6) is 6.01 Å². The summed E-state index contributed by atoms with van der Waals surface area (Å²) in [6, 6.07) is 0.263. The van der Waals surface area contributed by atoms with E-state index in [2.05, 4.69) is 20.3 Å². The average molecular weight is 201 g/mol. The van der Waals surface area contributed by atoms with Crippen LogP contribution >= 0.6 is 11.9 Å². The third-order valence-corrected chi connectivity index (χ3v) is 1.61. The van der Waals surface area contributed by atoms with Crippen molar-refractivity contribution in [1.82, 2.24) is 15.0 Å². The van der Waals surface area contributed by atoms with Crippen LogP contribution in [0.2, 0.25) is 0 Å². The van der Waals surface area contributed by atoms with Crippen LogP contribution in [0.15, 0.2) is 5.16 Å². The summed E-state index contributed by atoms with van der Waals surface area (Å²) in [5.74, 6) is 0.474. The summed E-state index contributed by atoms with van der Waals surface area (Å²) in [5, 5.41) is 8.70. The molecular formula is C6H11N5OS. The summed E-state index contributed by atoms with van der Waals surface area (Å²) in [6.07, 6.45) is 0. The van der Waals surface area contributed by atoms with Gasteiger partial charge in [-0.2, -0.15) is 15.0 Å². The Hall–Kier alpha value is -1.08. The third kappa shape index (κ3) is 2.71. The molecule has 0 atom stereocenters. The molecule has 1 aromatic heterocycles. The molecule has 1 aromatic rings. The summed E-state index contributed by atoms with van der Waals surface area (Å²) < 4.78 is 4.87. The summed E-state index contributed by atoms with van der Waals surface area (Å²) in [5.41, 5.74) is 0. The molecule has 3 N–H and O–H groups in total. The number of ether oxygens (including phenoxy) is 1. The van der Waals surface area contributed by atoms with Gasteiger partial charge in [-0.25, -0.2) is 0 Å². The van der Waals surface area contributed by atoms with Gasteiger partial charge in [0.1, 0.15) is 0 Å². The van der Waals surface area contributed by atoms with Crippen molar-refractivity contribution in [3.05, 3.63) is 0 Å². The zero-order valence-corrected chi connectivity index (χ0v) is 8.26. The van der Waals surface area contributed by atoms with Crippen molar-refractivity contribution in [3.63, 3.8) is 0 Å². The molecule has 13 heavy (non-hydrogen) atoms. The fourth-order valence-electron chi connectivity index (χ4n) is 0.719. The molecule has 6 nitrogen and oxygen atoms in total. The summed E-state index contributed by atoms with van der Waals surface area (Å²) in [4.78, 5) is 11.9. The Morgan fingerprint density at radius 2 is 2.23 bits per heavy atom. The lowest BCUT2D eigenvalue weighted by atomic mass is 10.7. The smallest absolute Gasteiger partial charge is 0.321 e. The monoisotopic (exact) mass is 201 g/mol. The molecular weight excluding hydrogens is 190 g/mol. The Balaban J connectivity index is 2.93. The quantitative estimate of drug-likeness (QED) is 0.676. The second kappa shape index (κ2) is 4.83. The maximum atomic E-state index is 5.32. The van der Waals surface area contributed by atoms with Crippen molar-refractivity contribution < 1.29 is 4.74 Å². The van der Waals surface area contributed by atoms with Gasteiger partial charge in [-0.3, -0.25) is 5.14 Å². The van der Waals surface area contributed by atoms with E-state index in [9.17, 15) is 0 Å². The minimum atomic E-state index is 0.263. The molecule has 0 bridgehead atoms. The zero-order chi connectivity index (χ0) is 9.68. The van der Waals surface area contributed by atoms with E-state index in [-0.39, 0.29) is 6.01 Å². The van der Waals surface area contributed by atoms with E-state index in [0.717, 1.165) is 18.5 Å². The van der Waals surface area contributed by atoms with Crippen LogP contribution in [-0.4, -0.2) is 28.6 Å². The number of rotatable bonds is 4. The van der Waals surface area contributed by atoms with Crippen molar-refractivity contribution in [2.24, 2.45) is 5.14 Å². The SMILES string of the molecule is CCNc1nc(OC)nc(SN)n1. The highest BCUT2D eigenvalue weighted by molar-refractivity contribution is 7.96. The van der Waals surface area contributed by atoms with Crippen LogP contribution in [0.25, 0.3) is 0 Å². The van der Waals surface area contributed by atoms with Gasteiger partial charge in [0.15, 0.2) is 0 Å². The molecule has 0 aliphatic carbocycles. The van der Waals surface area contributed by atoms with Gasteiger partial charge in [0, 0.05) is 6.54 Å². The highest BCUT2D eigenvalue weighted by Gasteiger charge is 2.04. The van der Waals surface area contributed by atoms with Crippen molar-refractivity contribution in [2.75, 3.05) is 19.0 Å². The summed E-state index contributed by atoms with van der Waals surface area (Å²) >= 11 is 0.956. The Morgan fingerprint density at radius 1 is 1.46 bits per heavy atom. The lowest BCUT2D eigenvalue weighted by Gasteiger charge is -2.04. The minimum Gasteiger partial charge on any atom is -0.467 e. The highest BCUT2D eigenvalue weighted by Crippen LogP contribution is 2.12. The molecule has 1 heterocycles. The molecule has 0 aliphatic rings. The van der Waals surface area contributed by atoms with Crippen LogP contribution in [0.4, 0.5) is 5.95 Å². The Kier molecular flexibility index (Phi) is 3.71. The minimum absolute atomic E-state index is 0.263. The predicted molar refractivity (Wildman–Crippen MR) is 50.6 cm³/mol. The van der Waals surface area contributed by atoms with Crippen LogP contribution in [0.1, 0.15) is 6.92 Å². The standard InChI is InChI=1S/C6H11N5OS/c1-3-8-4-9-5(12-2)11-6(10-4)13-7/h3,7H2,1-2H3,(H,8,9,10,11). The van der Waals surface area contributed by atoms with E-state index in [0.29, 0.717) is 11.1 Å². The van der Waals surface area contributed by atoms with Crippen molar-refractivity contribution in [2.45, 2.75) is 12.1 Å². The van der Waals surface area contributed by atoms with Gasteiger partial charge in [-0.1, -0.05) is 0 Å². The number of aromatic nitrogens is 3. The van der Waals surface area contributed by atoms with Crippen LogP contribution in [0, 0.1) is 0 Å². The average Bonchev–Trinajstić information content (AvgIpc) is 2.17. The molecule has 0 fully saturated rings. The first kappa shape index (κ1) is 10.0. The molecule has 0 amide bonds. The maximum Gasteiger partial charge on any atom is 0.321 e. The van der Waals surface area contributed by atoms with Gasteiger partial charge >= 0.3 is 6.01 Å². The van der Waals surface area contributed by atoms with Gasteiger partial charge in [-0.15, -0.1) is 0 Å². The van der Waals surface area contributed by atoms with E-state index in [1.54, 1.807) is 0 Å². The van der Waals surface area contributed by atoms with Crippen molar-refractivity contribution in [1.29, 1.82) is 0 Å². The van der Waals surface area contributed by atoms with Crippen LogP contribution in [-0.2, 0) is 0 Å². The van der Waals surface area contributed by atoms with Gasteiger partial charge in [0.05, 0.1) is 7.11 Å². The predicted octanol–water partition coefficient (Wildman–Crippen LogP) is 0.278. The van der Waals surface area contributed by atoms with Gasteiger partial charge in [0.2, 0.25) is 11.1 Å². The first-order valence-electron chi connectivity index (χ1n) is 3.70. The molecule has 0 saturated carbocycles. The lowest BCUT2D eigenvalue weighted by molar-refractivity contribution is 0.373. The second-order valence-corrected chi connectivity index (χ2v) is 2.68. The van der Waals surface area contributed by atoms with E-state index in [1.807, 2.05) is 6.92 Å². The fourth-order valence-corrected chi connectivity index (χ4v) is 0.989. The largest absolute Gasteiger partial charge is 0.467 e. The number of hydrogen-bond acceptors (Lipinski definition) is 7. The van der Waals surface area contributed by atoms with E-state index >= 15 is 0 Å². The highest BCUT2D eigenvalue weighted by atomic mass is 32.2. The number of nitrogens with one attached hydrogen (secondary N) is 1. The Labute approximate surface area is 80.4 Å². The third-order valence-electron chi connectivity index (χ3n) is 1.22. The molecule has 0 saturated heterocycles. The van der Waals surface area contributed by atoms with E-state index < -0.39 is 0 Å². The number of anilines is 1. The maximum absolute atomic E-state index is 5.32. The van der Waals surface area contributed by atoms with Crippen molar-refractivity contribution >= 4 is 17.9 Å². The molecule has 72 valence electrons. The fraction of sp³-hybridized carbons (Fsp3) is 0.500. The molecule has 7 heteroatoms. The lowest BCUT2D eigenvalue weighted by Crippen LogP contribution is -2.06. The Bertz CT molecular complexity index is 259. The molecule has 0 spiro atoms. The Morgan fingerprint density at radius 3 is 2.77 bits per heavy atom. The molecule has 0 unspecified atom stereocenters. The molecule has 1 rings (SSSR count). The van der Waals surface area contributed by atoms with E-state index in [4.69, 9.17) is 9.88 Å². The normalized spacial score (nSPS) is 9.77. The number of hydrogen-bond donors (Lipinski definition) is 2. The van der Waals surface area contributed by atoms with Gasteiger partial charge < -0.3 is 10.1 Å². The number of nitrogens with zero attached hydrogens (tertiary/aromatic N) is 3.